The number of nitrogens with zero attached hydrogens (tertiary/aromatic N) is 2. The van der Waals surface area contributed by atoms with E-state index < -0.39 is 5.97 Å². The lowest BCUT2D eigenvalue weighted by molar-refractivity contribution is -0.139. The second-order valence-corrected chi connectivity index (χ2v) is 5.84. The van der Waals surface area contributed by atoms with Crippen molar-refractivity contribution in [3.63, 3.8) is 0 Å². The summed E-state index contributed by atoms with van der Waals surface area (Å²) in [6, 6.07) is 5.04. The number of piperidine rings is 1. The third-order valence-electron chi connectivity index (χ3n) is 4.38. The number of hydrogen-bond acceptors (Lipinski definition) is 4. The molecule has 1 aromatic heterocycles. The molecule has 0 saturated carbocycles. The zero-order chi connectivity index (χ0) is 15.7. The summed E-state index contributed by atoms with van der Waals surface area (Å²) in [5, 5.41) is 2.57. The minimum atomic E-state index is -0.470. The average molecular weight is 305 g/mol. The largest absolute Gasteiger partial charge is 0.468 e. The molecule has 0 aromatic carbocycles. The summed E-state index contributed by atoms with van der Waals surface area (Å²) in [5.41, 5.74) is 1.02. The molecule has 1 fully saturated rings. The van der Waals surface area contributed by atoms with Gasteiger partial charge in [-0.25, -0.2) is 4.79 Å². The van der Waals surface area contributed by atoms with Gasteiger partial charge in [-0.1, -0.05) is 6.07 Å². The van der Waals surface area contributed by atoms with Crippen LogP contribution < -0.4 is 10.9 Å². The monoisotopic (exact) mass is 305 g/mol. The van der Waals surface area contributed by atoms with E-state index in [1.807, 2.05) is 10.6 Å². The quantitative estimate of drug-likeness (QED) is 0.789. The number of esters is 1. The normalized spacial score (nSPS) is 22.7. The maximum absolute atomic E-state index is 12.2. The molecule has 118 valence electrons. The molecule has 2 aliphatic heterocycles. The minimum Gasteiger partial charge on any atom is -0.468 e. The lowest BCUT2D eigenvalue weighted by Gasteiger charge is -2.42. The molecule has 1 N–H and O–H groups in total. The van der Waals surface area contributed by atoms with E-state index in [1.54, 1.807) is 17.0 Å². The van der Waals surface area contributed by atoms with Crippen molar-refractivity contribution in [1.82, 2.24) is 14.8 Å². The van der Waals surface area contributed by atoms with Crippen molar-refractivity contribution >= 4 is 12.0 Å². The number of nitrogens with one attached hydrogen (secondary N) is 1. The summed E-state index contributed by atoms with van der Waals surface area (Å²) >= 11 is 0. The number of ether oxygens (including phenoxy) is 1. The third kappa shape index (κ3) is 2.70. The molecule has 7 nitrogen and oxygen atoms in total. The molecule has 0 spiro atoms. The van der Waals surface area contributed by atoms with E-state index >= 15 is 0 Å². The van der Waals surface area contributed by atoms with E-state index in [4.69, 9.17) is 0 Å². The number of amides is 2. The molecule has 3 heterocycles. The summed E-state index contributed by atoms with van der Waals surface area (Å²) in [5.74, 6) is -0.0250. The smallest absolute Gasteiger partial charge is 0.325 e. The summed E-state index contributed by atoms with van der Waals surface area (Å²) in [7, 11) is 1.29. The highest BCUT2D eigenvalue weighted by Gasteiger charge is 2.36. The molecule has 2 aliphatic rings. The molecule has 0 radical (unpaired) electrons. The van der Waals surface area contributed by atoms with Gasteiger partial charge in [0.1, 0.15) is 6.54 Å². The van der Waals surface area contributed by atoms with Crippen molar-refractivity contribution in [3.8, 4) is 0 Å². The predicted octanol–water partition coefficient (Wildman–Crippen LogP) is 0.150. The van der Waals surface area contributed by atoms with Gasteiger partial charge in [-0.05, 0) is 18.4 Å². The molecule has 7 heteroatoms. The van der Waals surface area contributed by atoms with Crippen LogP contribution in [0, 0.1) is 5.92 Å². The topological polar surface area (TPSA) is 80.6 Å². The number of methoxy groups -OCH3 is 1. The molecule has 1 aromatic rings. The number of carbonyl (C=O) groups excluding carboxylic acids is 2. The Bertz CT molecular complexity index is 654. The highest BCUT2D eigenvalue weighted by Crippen LogP contribution is 2.34. The van der Waals surface area contributed by atoms with Crippen molar-refractivity contribution in [2.75, 3.05) is 26.7 Å². The second kappa shape index (κ2) is 5.82. The van der Waals surface area contributed by atoms with E-state index in [9.17, 15) is 14.4 Å². The van der Waals surface area contributed by atoms with Crippen LogP contribution in [-0.2, 0) is 16.1 Å². The zero-order valence-corrected chi connectivity index (χ0v) is 12.4. The number of rotatable bonds is 2. The zero-order valence-electron chi connectivity index (χ0n) is 12.4. The molecular formula is C15H19N3O4. The first-order chi connectivity index (χ1) is 10.6. The molecule has 2 atom stereocenters. The Morgan fingerprint density at radius 2 is 2.14 bits per heavy atom. The Balaban J connectivity index is 1.72. The maximum Gasteiger partial charge on any atom is 0.325 e. The highest BCUT2D eigenvalue weighted by molar-refractivity contribution is 5.80. The number of carbonyl (C=O) groups is 2. The van der Waals surface area contributed by atoms with Crippen LogP contribution in [0.5, 0.6) is 0 Å². The van der Waals surface area contributed by atoms with Gasteiger partial charge in [0.15, 0.2) is 0 Å². The molecule has 2 bridgehead atoms. The van der Waals surface area contributed by atoms with Gasteiger partial charge in [0, 0.05) is 37.3 Å². The fourth-order valence-corrected chi connectivity index (χ4v) is 3.39. The van der Waals surface area contributed by atoms with Crippen molar-refractivity contribution in [3.05, 3.63) is 34.2 Å². The number of likely N-dealkylation sites (tertiary alicyclic amines) is 1. The molecule has 0 unspecified atom stereocenters. The Labute approximate surface area is 127 Å². The number of fused-ring (bicyclic) bond motifs is 4. The van der Waals surface area contributed by atoms with E-state index in [0.29, 0.717) is 19.6 Å². The van der Waals surface area contributed by atoms with Gasteiger partial charge in [0.25, 0.3) is 5.56 Å². The number of aromatic nitrogens is 1. The van der Waals surface area contributed by atoms with E-state index in [-0.39, 0.29) is 30.0 Å². The van der Waals surface area contributed by atoms with Gasteiger partial charge in [0.2, 0.25) is 0 Å². The van der Waals surface area contributed by atoms with E-state index in [0.717, 1.165) is 12.1 Å². The highest BCUT2D eigenvalue weighted by atomic mass is 16.5. The van der Waals surface area contributed by atoms with Crippen LogP contribution in [0.2, 0.25) is 0 Å². The first-order valence-electron chi connectivity index (χ1n) is 7.38. The van der Waals surface area contributed by atoms with Crippen molar-refractivity contribution in [2.45, 2.75) is 18.9 Å². The van der Waals surface area contributed by atoms with Crippen LogP contribution >= 0.6 is 0 Å². The molecular weight excluding hydrogens is 286 g/mol. The lowest BCUT2D eigenvalue weighted by Crippen LogP contribution is -2.52. The van der Waals surface area contributed by atoms with Gasteiger partial charge in [-0.15, -0.1) is 0 Å². The second-order valence-electron chi connectivity index (χ2n) is 5.84. The first-order valence-corrected chi connectivity index (χ1v) is 7.38. The van der Waals surface area contributed by atoms with Crippen LogP contribution in [-0.4, -0.2) is 48.2 Å². The predicted molar refractivity (Wildman–Crippen MR) is 78.5 cm³/mol. The third-order valence-corrected chi connectivity index (χ3v) is 4.38. The SMILES string of the molecule is COC(=O)CNC(=O)N1C[C@@H]2C[C@@H](C1)c1cccc(=O)n1C2. The van der Waals surface area contributed by atoms with Gasteiger partial charge in [0.05, 0.1) is 7.11 Å². The number of urea groups is 1. The van der Waals surface area contributed by atoms with Gasteiger partial charge >= 0.3 is 12.0 Å². The molecule has 2 amide bonds. The summed E-state index contributed by atoms with van der Waals surface area (Å²) < 4.78 is 6.33. The summed E-state index contributed by atoms with van der Waals surface area (Å²) in [4.78, 5) is 36.9. The van der Waals surface area contributed by atoms with Crippen LogP contribution in [0.4, 0.5) is 4.79 Å². The lowest BCUT2D eigenvalue weighted by atomic mass is 9.83. The average Bonchev–Trinajstić information content (AvgIpc) is 2.53. The van der Waals surface area contributed by atoms with Crippen LogP contribution in [0.1, 0.15) is 18.0 Å². The summed E-state index contributed by atoms with van der Waals surface area (Å²) in [6.07, 6.45) is 0.990. The van der Waals surface area contributed by atoms with E-state index in [2.05, 4.69) is 10.1 Å². The molecule has 22 heavy (non-hydrogen) atoms. The fourth-order valence-electron chi connectivity index (χ4n) is 3.39. The number of hydrogen-bond donors (Lipinski definition) is 1. The van der Waals surface area contributed by atoms with Crippen LogP contribution in [0.25, 0.3) is 0 Å². The standard InChI is InChI=1S/C15H19N3O4/c1-22-14(20)6-16-15(21)17-7-10-5-11(9-17)12-3-2-4-13(19)18(12)8-10/h2-4,10-11H,5-9H2,1H3,(H,16,21)/t10-,11-/m0/s1. The van der Waals surface area contributed by atoms with Crippen LogP contribution in [0.15, 0.2) is 23.0 Å². The van der Waals surface area contributed by atoms with Gasteiger partial charge in [-0.3, -0.25) is 9.59 Å². The fraction of sp³-hybridized carbons (Fsp3) is 0.533. The molecule has 3 rings (SSSR count). The maximum atomic E-state index is 12.2. The van der Waals surface area contributed by atoms with Crippen molar-refractivity contribution in [2.24, 2.45) is 5.92 Å². The van der Waals surface area contributed by atoms with Crippen LogP contribution in [0.3, 0.4) is 0 Å². The van der Waals surface area contributed by atoms with Crippen molar-refractivity contribution in [1.29, 1.82) is 0 Å². The van der Waals surface area contributed by atoms with Gasteiger partial charge < -0.3 is 19.5 Å². The van der Waals surface area contributed by atoms with E-state index in [1.165, 1.54) is 7.11 Å². The van der Waals surface area contributed by atoms with Gasteiger partial charge in [-0.2, -0.15) is 0 Å². The number of pyridine rings is 1. The first kappa shape index (κ1) is 14.6. The minimum absolute atomic E-state index is 0.0239. The van der Waals surface area contributed by atoms with Crippen molar-refractivity contribution < 1.29 is 14.3 Å². The Morgan fingerprint density at radius 3 is 2.91 bits per heavy atom. The Morgan fingerprint density at radius 1 is 1.32 bits per heavy atom. The molecule has 1 saturated heterocycles. The Kier molecular flexibility index (Phi) is 3.87. The molecule has 0 aliphatic carbocycles. The summed E-state index contributed by atoms with van der Waals surface area (Å²) in [6.45, 7) is 1.68. The Hall–Kier alpha value is -2.31.